The predicted octanol–water partition coefficient (Wildman–Crippen LogP) is 2.34. The van der Waals surface area contributed by atoms with Gasteiger partial charge in [-0.15, -0.1) is 0 Å². The average Bonchev–Trinajstić information content (AvgIpc) is 2.42. The molecule has 1 unspecified atom stereocenters. The van der Waals surface area contributed by atoms with Crippen LogP contribution in [0.3, 0.4) is 0 Å². The van der Waals surface area contributed by atoms with E-state index in [1.807, 2.05) is 12.2 Å². The Bertz CT molecular complexity index is 374. The van der Waals surface area contributed by atoms with E-state index in [0.717, 1.165) is 24.1 Å². The molecule has 0 aromatic heterocycles. The van der Waals surface area contributed by atoms with Gasteiger partial charge in [-0.3, -0.25) is 4.79 Å². The van der Waals surface area contributed by atoms with Gasteiger partial charge >= 0.3 is 0 Å². The number of hydrogen-bond donors (Lipinski definition) is 2. The molecule has 0 saturated heterocycles. The molecule has 0 aromatic rings. The molecule has 0 aromatic carbocycles. The minimum absolute atomic E-state index is 0.0917. The topological polar surface area (TPSA) is 49.3 Å². The number of nitrogens with one attached hydrogen (secondary N) is 1. The van der Waals surface area contributed by atoms with E-state index in [2.05, 4.69) is 12.2 Å². The van der Waals surface area contributed by atoms with Crippen LogP contribution in [-0.2, 0) is 4.79 Å². The number of allylic oxidation sites excluding steroid dienone is 4. The lowest BCUT2D eigenvalue weighted by molar-refractivity contribution is -0.115. The summed E-state index contributed by atoms with van der Waals surface area (Å²) in [5, 5.41) is 12.4. The van der Waals surface area contributed by atoms with Gasteiger partial charge in [-0.2, -0.15) is 0 Å². The molecule has 19 heavy (non-hydrogen) atoms. The van der Waals surface area contributed by atoms with E-state index >= 15 is 0 Å². The third-order valence-electron chi connectivity index (χ3n) is 3.21. The Morgan fingerprint density at radius 1 is 1.58 bits per heavy atom. The fourth-order valence-corrected chi connectivity index (χ4v) is 2.30. The highest BCUT2D eigenvalue weighted by Crippen LogP contribution is 2.12. The normalized spacial score (nSPS) is 16.3. The van der Waals surface area contributed by atoms with Crippen LogP contribution in [0.25, 0.3) is 0 Å². The van der Waals surface area contributed by atoms with E-state index in [0.29, 0.717) is 25.0 Å². The Labute approximate surface area is 120 Å². The molecule has 1 rings (SSSR count). The summed E-state index contributed by atoms with van der Waals surface area (Å²) in [6.45, 7) is 2.84. The van der Waals surface area contributed by atoms with Gasteiger partial charge in [0.15, 0.2) is 5.78 Å². The number of ketones is 1. The predicted molar refractivity (Wildman–Crippen MR) is 82.5 cm³/mol. The van der Waals surface area contributed by atoms with Gasteiger partial charge in [-0.25, -0.2) is 0 Å². The molecule has 1 aliphatic carbocycles. The van der Waals surface area contributed by atoms with Crippen molar-refractivity contribution in [2.75, 3.05) is 13.2 Å². The molecule has 0 amide bonds. The first-order chi connectivity index (χ1) is 9.19. The fraction of sp³-hybridized carbons (Fsp3) is 0.600. The Morgan fingerprint density at radius 2 is 2.37 bits per heavy atom. The molecule has 0 heterocycles. The first kappa shape index (κ1) is 16.2. The van der Waals surface area contributed by atoms with Gasteiger partial charge in [-0.1, -0.05) is 50.2 Å². The monoisotopic (exact) mass is 281 g/mol. The summed E-state index contributed by atoms with van der Waals surface area (Å²) in [6.07, 6.45) is 9.92. The fourth-order valence-electron chi connectivity index (χ4n) is 2.02. The maximum atomic E-state index is 12.0. The summed E-state index contributed by atoms with van der Waals surface area (Å²) >= 11 is 5.18. The van der Waals surface area contributed by atoms with E-state index in [4.69, 9.17) is 12.2 Å². The van der Waals surface area contributed by atoms with Crippen molar-refractivity contribution in [3.63, 3.8) is 0 Å². The van der Waals surface area contributed by atoms with E-state index in [1.54, 1.807) is 6.08 Å². The first-order valence-corrected chi connectivity index (χ1v) is 7.37. The second kappa shape index (κ2) is 9.13. The third-order valence-corrected chi connectivity index (χ3v) is 3.60. The second-order valence-corrected chi connectivity index (χ2v) is 5.28. The van der Waals surface area contributed by atoms with E-state index in [1.165, 1.54) is 0 Å². The molecular weight excluding hydrogens is 258 g/mol. The van der Waals surface area contributed by atoms with Gasteiger partial charge < -0.3 is 10.4 Å². The van der Waals surface area contributed by atoms with Crippen LogP contribution < -0.4 is 5.32 Å². The number of carbonyl (C=O) groups excluding carboxylic acids is 1. The van der Waals surface area contributed by atoms with Crippen molar-refractivity contribution < 1.29 is 9.90 Å². The van der Waals surface area contributed by atoms with Crippen LogP contribution in [0.15, 0.2) is 23.8 Å². The molecule has 0 fully saturated rings. The van der Waals surface area contributed by atoms with Crippen molar-refractivity contribution in [2.24, 2.45) is 0 Å². The van der Waals surface area contributed by atoms with Crippen LogP contribution >= 0.6 is 12.2 Å². The Balaban J connectivity index is 2.32. The van der Waals surface area contributed by atoms with Gasteiger partial charge in [0.25, 0.3) is 0 Å². The standard InChI is InChI=1S/C15H23NO2S/c1-2-3-6-12(11-17)16-10-9-14(18)13-7-4-5-8-15(13)19/h4-5,7,12,16-17H,2-3,6,8-11H2,1H3. The van der Waals surface area contributed by atoms with Crippen LogP contribution in [0.5, 0.6) is 0 Å². The van der Waals surface area contributed by atoms with Crippen LogP contribution in [0.4, 0.5) is 0 Å². The number of carbonyl (C=O) groups is 1. The summed E-state index contributed by atoms with van der Waals surface area (Å²) in [7, 11) is 0. The van der Waals surface area contributed by atoms with E-state index in [9.17, 15) is 9.90 Å². The smallest absolute Gasteiger partial charge is 0.165 e. The van der Waals surface area contributed by atoms with Crippen molar-refractivity contribution in [2.45, 2.75) is 45.1 Å². The SMILES string of the molecule is CCCCC(CO)NCCC(=O)C1=CC=CCC1=S. The molecule has 106 valence electrons. The highest BCUT2D eigenvalue weighted by Gasteiger charge is 2.15. The Morgan fingerprint density at radius 3 is 3.00 bits per heavy atom. The molecule has 2 N–H and O–H groups in total. The van der Waals surface area contributed by atoms with E-state index in [-0.39, 0.29) is 18.4 Å². The average molecular weight is 281 g/mol. The van der Waals surface area contributed by atoms with E-state index < -0.39 is 0 Å². The van der Waals surface area contributed by atoms with Crippen molar-refractivity contribution in [3.05, 3.63) is 23.8 Å². The van der Waals surface area contributed by atoms with Gasteiger partial charge in [0.1, 0.15) is 0 Å². The zero-order valence-corrected chi connectivity index (χ0v) is 12.3. The summed E-state index contributed by atoms with van der Waals surface area (Å²) < 4.78 is 0. The van der Waals surface area contributed by atoms with Gasteiger partial charge in [0.05, 0.1) is 6.61 Å². The molecule has 1 atom stereocenters. The van der Waals surface area contributed by atoms with Gasteiger partial charge in [-0.05, 0) is 6.42 Å². The van der Waals surface area contributed by atoms with Gasteiger partial charge in [0, 0.05) is 35.9 Å². The second-order valence-electron chi connectivity index (χ2n) is 4.78. The number of aliphatic hydroxyl groups is 1. The molecule has 0 bridgehead atoms. The molecule has 1 aliphatic rings. The van der Waals surface area contributed by atoms with Crippen molar-refractivity contribution >= 4 is 22.9 Å². The van der Waals surface area contributed by atoms with Crippen LogP contribution in [-0.4, -0.2) is 34.9 Å². The lowest BCUT2D eigenvalue weighted by Gasteiger charge is -2.16. The summed E-state index contributed by atoms with van der Waals surface area (Å²) in [4.78, 5) is 12.7. The molecular formula is C15H23NO2S. The van der Waals surface area contributed by atoms with Crippen molar-refractivity contribution in [1.82, 2.24) is 5.32 Å². The molecule has 4 heteroatoms. The lowest BCUT2D eigenvalue weighted by atomic mass is 9.99. The van der Waals surface area contributed by atoms with Crippen LogP contribution in [0, 0.1) is 0 Å². The quantitative estimate of drug-likeness (QED) is 0.637. The molecule has 0 saturated carbocycles. The number of thiocarbonyl (C=S) groups is 1. The summed E-state index contributed by atoms with van der Waals surface area (Å²) in [5.41, 5.74) is 0.674. The minimum Gasteiger partial charge on any atom is -0.395 e. The Hall–Kier alpha value is -0.840. The number of hydrogen-bond acceptors (Lipinski definition) is 4. The number of unbranched alkanes of at least 4 members (excludes halogenated alkanes) is 1. The van der Waals surface area contributed by atoms with Crippen molar-refractivity contribution in [3.8, 4) is 0 Å². The maximum absolute atomic E-state index is 12.0. The zero-order valence-electron chi connectivity index (χ0n) is 11.5. The zero-order chi connectivity index (χ0) is 14.1. The number of rotatable bonds is 9. The summed E-state index contributed by atoms with van der Waals surface area (Å²) in [6, 6.07) is 0.0972. The number of aliphatic hydroxyl groups excluding tert-OH is 1. The minimum atomic E-state index is 0.0917. The number of Topliss-reactive ketones (excluding diaryl/α,β-unsaturated/α-hetero) is 1. The van der Waals surface area contributed by atoms with Crippen LogP contribution in [0.2, 0.25) is 0 Å². The molecule has 0 spiro atoms. The Kier molecular flexibility index (Phi) is 7.79. The molecule has 0 radical (unpaired) electrons. The van der Waals surface area contributed by atoms with Crippen molar-refractivity contribution in [1.29, 1.82) is 0 Å². The van der Waals surface area contributed by atoms with Gasteiger partial charge in [0.2, 0.25) is 0 Å². The maximum Gasteiger partial charge on any atom is 0.165 e. The lowest BCUT2D eigenvalue weighted by Crippen LogP contribution is -2.34. The first-order valence-electron chi connectivity index (χ1n) is 6.96. The van der Waals surface area contributed by atoms with Crippen LogP contribution in [0.1, 0.15) is 39.0 Å². The largest absolute Gasteiger partial charge is 0.395 e. The summed E-state index contributed by atoms with van der Waals surface area (Å²) in [5.74, 6) is 0.0917. The third kappa shape index (κ3) is 5.76. The highest BCUT2D eigenvalue weighted by atomic mass is 32.1. The molecule has 0 aliphatic heterocycles. The highest BCUT2D eigenvalue weighted by molar-refractivity contribution is 7.81. The molecule has 3 nitrogen and oxygen atoms in total.